The molecule has 1 aromatic carbocycles. The van der Waals surface area contributed by atoms with Gasteiger partial charge in [-0.05, 0) is 44.4 Å². The minimum Gasteiger partial charge on any atom is -0.483 e. The Morgan fingerprint density at radius 3 is 2.43 bits per heavy atom. The molecule has 0 bridgehead atoms. The van der Waals surface area contributed by atoms with Gasteiger partial charge in [0.1, 0.15) is 5.75 Å². The number of morpholine rings is 1. The number of amides is 1. The molecule has 0 aromatic heterocycles. The molecule has 1 amide bonds. The minimum absolute atomic E-state index is 0.0582. The van der Waals surface area contributed by atoms with Crippen LogP contribution in [0.25, 0.3) is 0 Å². The van der Waals surface area contributed by atoms with Gasteiger partial charge in [0, 0.05) is 25.7 Å². The largest absolute Gasteiger partial charge is 0.483 e. The zero-order valence-electron chi connectivity index (χ0n) is 14.6. The van der Waals surface area contributed by atoms with Crippen LogP contribution in [-0.2, 0) is 16.1 Å². The van der Waals surface area contributed by atoms with Gasteiger partial charge in [0.2, 0.25) is 0 Å². The molecule has 5 heteroatoms. The van der Waals surface area contributed by atoms with Gasteiger partial charge in [-0.25, -0.2) is 0 Å². The van der Waals surface area contributed by atoms with Crippen molar-refractivity contribution in [2.45, 2.75) is 40.3 Å². The first kappa shape index (κ1) is 17.8. The van der Waals surface area contributed by atoms with E-state index in [-0.39, 0.29) is 18.6 Å². The number of hydrogen-bond donors (Lipinski definition) is 1. The molecule has 2 rings (SSSR count). The lowest BCUT2D eigenvalue weighted by Gasteiger charge is -2.27. The van der Waals surface area contributed by atoms with Gasteiger partial charge in [-0.3, -0.25) is 9.69 Å². The predicted molar refractivity (Wildman–Crippen MR) is 90.8 cm³/mol. The molecule has 1 fully saturated rings. The number of rotatable bonds is 6. The molecule has 5 nitrogen and oxygen atoms in total. The Morgan fingerprint density at radius 2 is 1.87 bits per heavy atom. The Bertz CT molecular complexity index is 514. The van der Waals surface area contributed by atoms with Gasteiger partial charge in [-0.15, -0.1) is 0 Å². The van der Waals surface area contributed by atoms with E-state index in [0.717, 1.165) is 49.7 Å². The lowest BCUT2D eigenvalue weighted by molar-refractivity contribution is -0.123. The highest BCUT2D eigenvalue weighted by molar-refractivity contribution is 5.77. The van der Waals surface area contributed by atoms with E-state index in [0.29, 0.717) is 0 Å². The van der Waals surface area contributed by atoms with Crippen molar-refractivity contribution >= 4 is 5.91 Å². The van der Waals surface area contributed by atoms with E-state index < -0.39 is 0 Å². The van der Waals surface area contributed by atoms with Crippen molar-refractivity contribution in [3.05, 3.63) is 28.8 Å². The number of nitrogens with zero attached hydrogens (tertiary/aromatic N) is 1. The third-order valence-electron chi connectivity index (χ3n) is 3.83. The first-order valence-corrected chi connectivity index (χ1v) is 8.28. The maximum atomic E-state index is 11.7. The summed E-state index contributed by atoms with van der Waals surface area (Å²) in [7, 11) is 0. The van der Waals surface area contributed by atoms with E-state index in [1.807, 2.05) is 27.7 Å². The summed E-state index contributed by atoms with van der Waals surface area (Å²) in [4.78, 5) is 14.1. The van der Waals surface area contributed by atoms with Crippen LogP contribution in [-0.4, -0.2) is 49.8 Å². The minimum atomic E-state index is -0.0869. The van der Waals surface area contributed by atoms with Crippen LogP contribution in [0.5, 0.6) is 5.75 Å². The molecule has 1 N–H and O–H groups in total. The van der Waals surface area contributed by atoms with Crippen molar-refractivity contribution in [2.75, 3.05) is 32.9 Å². The smallest absolute Gasteiger partial charge is 0.258 e. The number of carbonyl (C=O) groups excluding carboxylic acids is 1. The van der Waals surface area contributed by atoms with E-state index in [2.05, 4.69) is 22.3 Å². The molecular weight excluding hydrogens is 292 g/mol. The average molecular weight is 320 g/mol. The summed E-state index contributed by atoms with van der Waals surface area (Å²) in [6.07, 6.45) is 0. The van der Waals surface area contributed by atoms with Gasteiger partial charge in [-0.2, -0.15) is 0 Å². The molecule has 0 spiro atoms. The van der Waals surface area contributed by atoms with Crippen LogP contribution >= 0.6 is 0 Å². The fourth-order valence-corrected chi connectivity index (χ4v) is 2.88. The molecule has 0 saturated carbocycles. The van der Waals surface area contributed by atoms with Crippen molar-refractivity contribution in [1.29, 1.82) is 0 Å². The second kappa shape index (κ2) is 8.31. The van der Waals surface area contributed by atoms with Crippen LogP contribution in [0.2, 0.25) is 0 Å². The number of benzene rings is 1. The van der Waals surface area contributed by atoms with Crippen LogP contribution in [0.15, 0.2) is 12.1 Å². The Kier molecular flexibility index (Phi) is 6.42. The van der Waals surface area contributed by atoms with Crippen molar-refractivity contribution in [3.63, 3.8) is 0 Å². The molecule has 128 valence electrons. The Balaban J connectivity index is 1.97. The molecule has 23 heavy (non-hydrogen) atoms. The molecule has 1 aliphatic rings. The van der Waals surface area contributed by atoms with Gasteiger partial charge in [0.25, 0.3) is 5.91 Å². The molecule has 0 atom stereocenters. The van der Waals surface area contributed by atoms with Crippen molar-refractivity contribution < 1.29 is 14.3 Å². The van der Waals surface area contributed by atoms with E-state index >= 15 is 0 Å². The lowest BCUT2D eigenvalue weighted by atomic mass is 10.0. The van der Waals surface area contributed by atoms with Gasteiger partial charge >= 0.3 is 0 Å². The Labute approximate surface area is 139 Å². The van der Waals surface area contributed by atoms with Gasteiger partial charge in [0.15, 0.2) is 6.61 Å². The van der Waals surface area contributed by atoms with Crippen molar-refractivity contribution in [1.82, 2.24) is 10.2 Å². The molecule has 1 aromatic rings. The van der Waals surface area contributed by atoms with Gasteiger partial charge in [0.05, 0.1) is 13.2 Å². The fourth-order valence-electron chi connectivity index (χ4n) is 2.88. The van der Waals surface area contributed by atoms with Crippen LogP contribution in [0.3, 0.4) is 0 Å². The van der Waals surface area contributed by atoms with Crippen LogP contribution < -0.4 is 10.1 Å². The van der Waals surface area contributed by atoms with E-state index in [4.69, 9.17) is 9.47 Å². The van der Waals surface area contributed by atoms with Crippen molar-refractivity contribution in [2.24, 2.45) is 0 Å². The van der Waals surface area contributed by atoms with Crippen molar-refractivity contribution in [3.8, 4) is 5.75 Å². The number of aryl methyl sites for hydroxylation is 2. The zero-order chi connectivity index (χ0) is 16.8. The summed E-state index contributed by atoms with van der Waals surface area (Å²) >= 11 is 0. The second-order valence-corrected chi connectivity index (χ2v) is 6.46. The Morgan fingerprint density at radius 1 is 1.26 bits per heavy atom. The second-order valence-electron chi connectivity index (χ2n) is 6.46. The molecule has 1 aliphatic heterocycles. The number of carbonyl (C=O) groups is 1. The van der Waals surface area contributed by atoms with Gasteiger partial charge in [-0.1, -0.05) is 12.1 Å². The molecule has 0 radical (unpaired) electrons. The standard InChI is InChI=1S/C18H28N2O3/c1-13(2)19-17(21)12-23-18-14(3)9-16(10-15(18)4)11-20-5-7-22-8-6-20/h9-10,13H,5-8,11-12H2,1-4H3,(H,19,21). The monoisotopic (exact) mass is 320 g/mol. The SMILES string of the molecule is Cc1cc(CN2CCOCC2)cc(C)c1OCC(=O)NC(C)C. The molecule has 0 unspecified atom stereocenters. The summed E-state index contributed by atoms with van der Waals surface area (Å²) in [5, 5.41) is 2.84. The lowest BCUT2D eigenvalue weighted by Crippen LogP contribution is -2.35. The zero-order valence-corrected chi connectivity index (χ0v) is 14.6. The normalized spacial score (nSPS) is 15.7. The first-order valence-electron chi connectivity index (χ1n) is 8.28. The highest BCUT2D eigenvalue weighted by atomic mass is 16.5. The summed E-state index contributed by atoms with van der Waals surface area (Å²) in [5.41, 5.74) is 3.43. The first-order chi connectivity index (χ1) is 11.0. The predicted octanol–water partition coefficient (Wildman–Crippen LogP) is 2.04. The third-order valence-corrected chi connectivity index (χ3v) is 3.83. The molecule has 1 heterocycles. The number of hydrogen-bond acceptors (Lipinski definition) is 4. The summed E-state index contributed by atoms with van der Waals surface area (Å²) in [6, 6.07) is 4.43. The van der Waals surface area contributed by atoms with Crippen LogP contribution in [0, 0.1) is 13.8 Å². The summed E-state index contributed by atoms with van der Waals surface area (Å²) < 4.78 is 11.1. The molecular formula is C18H28N2O3. The van der Waals surface area contributed by atoms with Gasteiger partial charge < -0.3 is 14.8 Å². The maximum absolute atomic E-state index is 11.7. The van der Waals surface area contributed by atoms with E-state index in [1.54, 1.807) is 0 Å². The number of ether oxygens (including phenoxy) is 2. The quantitative estimate of drug-likeness (QED) is 0.871. The fraction of sp³-hybridized carbons (Fsp3) is 0.611. The summed E-state index contributed by atoms with van der Waals surface area (Å²) in [6.45, 7) is 12.5. The molecule has 1 saturated heterocycles. The summed E-state index contributed by atoms with van der Waals surface area (Å²) in [5.74, 6) is 0.728. The highest BCUT2D eigenvalue weighted by Gasteiger charge is 2.14. The van der Waals surface area contributed by atoms with Crippen LogP contribution in [0.4, 0.5) is 0 Å². The Hall–Kier alpha value is -1.59. The maximum Gasteiger partial charge on any atom is 0.258 e. The van der Waals surface area contributed by atoms with Crippen LogP contribution in [0.1, 0.15) is 30.5 Å². The van der Waals surface area contributed by atoms with E-state index in [1.165, 1.54) is 5.56 Å². The third kappa shape index (κ3) is 5.52. The number of nitrogens with one attached hydrogen (secondary N) is 1. The van der Waals surface area contributed by atoms with E-state index in [9.17, 15) is 4.79 Å². The molecule has 0 aliphatic carbocycles. The average Bonchev–Trinajstić information content (AvgIpc) is 2.46. The highest BCUT2D eigenvalue weighted by Crippen LogP contribution is 2.25. The topological polar surface area (TPSA) is 50.8 Å².